The number of nitrogens with zero attached hydrogens (tertiary/aromatic N) is 3. The van der Waals surface area contributed by atoms with E-state index in [1.807, 2.05) is 12.1 Å². The van der Waals surface area contributed by atoms with Gasteiger partial charge in [-0.3, -0.25) is 14.3 Å². The third-order valence-corrected chi connectivity index (χ3v) is 6.51. The summed E-state index contributed by atoms with van der Waals surface area (Å²) >= 11 is 7.60. The average molecular weight is 459 g/mol. The van der Waals surface area contributed by atoms with Gasteiger partial charge in [-0.2, -0.15) is 5.10 Å². The number of fused-ring (bicyclic) bond motifs is 1. The van der Waals surface area contributed by atoms with Crippen LogP contribution in [0.2, 0.25) is 5.02 Å². The van der Waals surface area contributed by atoms with Crippen LogP contribution < -0.4 is 10.2 Å². The molecule has 0 fully saturated rings. The molecule has 160 valence electrons. The molecule has 2 amide bonds. The Morgan fingerprint density at radius 3 is 2.81 bits per heavy atom. The van der Waals surface area contributed by atoms with Crippen molar-refractivity contribution in [3.05, 3.63) is 76.3 Å². The van der Waals surface area contributed by atoms with E-state index in [1.165, 1.54) is 28.8 Å². The number of hydrogen-bond acceptors (Lipinski definition) is 4. The summed E-state index contributed by atoms with van der Waals surface area (Å²) in [5, 5.41) is 6.99. The van der Waals surface area contributed by atoms with Gasteiger partial charge in [-0.1, -0.05) is 17.7 Å². The molecule has 0 radical (unpaired) electrons. The molecule has 2 heterocycles. The fourth-order valence-electron chi connectivity index (χ4n) is 3.38. The predicted octanol–water partition coefficient (Wildman–Crippen LogP) is 4.17. The number of hydrogen-bond donors (Lipinski definition) is 1. The molecule has 2 aromatic carbocycles. The van der Waals surface area contributed by atoms with Crippen molar-refractivity contribution < 1.29 is 14.0 Å². The first-order chi connectivity index (χ1) is 14.8. The second kappa shape index (κ2) is 8.72. The van der Waals surface area contributed by atoms with Gasteiger partial charge < -0.3 is 10.2 Å². The highest BCUT2D eigenvalue weighted by molar-refractivity contribution is 8.01. The molecule has 0 spiro atoms. The standard InChI is InChI=1S/C22H20ClFN4O2S/c1-13-22(30)28(12-16-17(23)4-3-5-18(16)24)19-10-14(6-7-20(19)31-13)21(29)25-11-15-8-9-27(2)26-15/h3-10,13H,11-12H2,1-2H3,(H,25,29). The summed E-state index contributed by atoms with van der Waals surface area (Å²) in [6.07, 6.45) is 1.80. The van der Waals surface area contributed by atoms with Crippen molar-refractivity contribution in [2.75, 3.05) is 4.90 Å². The van der Waals surface area contributed by atoms with Crippen molar-refractivity contribution in [2.24, 2.45) is 7.05 Å². The number of aryl methyl sites for hydroxylation is 1. The van der Waals surface area contributed by atoms with Crippen LogP contribution in [0.4, 0.5) is 10.1 Å². The first-order valence-electron chi connectivity index (χ1n) is 9.65. The Morgan fingerprint density at radius 2 is 2.10 bits per heavy atom. The quantitative estimate of drug-likeness (QED) is 0.623. The smallest absolute Gasteiger partial charge is 0.251 e. The Morgan fingerprint density at radius 1 is 1.29 bits per heavy atom. The van der Waals surface area contributed by atoms with Gasteiger partial charge in [-0.15, -0.1) is 11.8 Å². The Kier molecular flexibility index (Phi) is 6.02. The fraction of sp³-hybridized carbons (Fsp3) is 0.227. The number of benzene rings is 2. The van der Waals surface area contributed by atoms with E-state index in [2.05, 4.69) is 10.4 Å². The fourth-order valence-corrected chi connectivity index (χ4v) is 4.65. The molecule has 1 aromatic heterocycles. The van der Waals surface area contributed by atoms with Gasteiger partial charge in [-0.05, 0) is 43.3 Å². The lowest BCUT2D eigenvalue weighted by molar-refractivity contribution is -0.118. The number of carbonyl (C=O) groups is 2. The van der Waals surface area contributed by atoms with Crippen LogP contribution in [0.1, 0.15) is 28.5 Å². The number of nitrogens with one attached hydrogen (secondary N) is 1. The van der Waals surface area contributed by atoms with Crippen LogP contribution in [0.5, 0.6) is 0 Å². The van der Waals surface area contributed by atoms with Crippen LogP contribution in [0.15, 0.2) is 53.6 Å². The summed E-state index contributed by atoms with van der Waals surface area (Å²) in [5.74, 6) is -0.923. The number of anilines is 1. The number of rotatable bonds is 5. The number of thioether (sulfide) groups is 1. The van der Waals surface area contributed by atoms with Crippen LogP contribution in [0, 0.1) is 5.82 Å². The highest BCUT2D eigenvalue weighted by Gasteiger charge is 2.32. The molecular weight excluding hydrogens is 439 g/mol. The molecule has 1 aliphatic rings. The molecule has 0 saturated carbocycles. The normalized spacial score (nSPS) is 15.7. The van der Waals surface area contributed by atoms with Gasteiger partial charge in [0.15, 0.2) is 0 Å². The lowest BCUT2D eigenvalue weighted by Crippen LogP contribution is -2.39. The maximum absolute atomic E-state index is 14.4. The van der Waals surface area contributed by atoms with Gasteiger partial charge >= 0.3 is 0 Å². The van der Waals surface area contributed by atoms with Gasteiger partial charge in [0.25, 0.3) is 5.91 Å². The summed E-state index contributed by atoms with van der Waals surface area (Å²) in [6.45, 7) is 2.08. The Hall–Kier alpha value is -2.84. The lowest BCUT2D eigenvalue weighted by Gasteiger charge is -2.33. The molecule has 6 nitrogen and oxygen atoms in total. The Balaban J connectivity index is 1.62. The molecule has 0 aliphatic carbocycles. The van der Waals surface area contributed by atoms with E-state index in [9.17, 15) is 14.0 Å². The maximum Gasteiger partial charge on any atom is 0.251 e. The van der Waals surface area contributed by atoms with Crippen molar-refractivity contribution in [2.45, 2.75) is 30.2 Å². The summed E-state index contributed by atoms with van der Waals surface area (Å²) in [4.78, 5) is 28.0. The van der Waals surface area contributed by atoms with Crippen LogP contribution in [0.3, 0.4) is 0 Å². The maximum atomic E-state index is 14.4. The molecule has 1 aliphatic heterocycles. The van der Waals surface area contributed by atoms with Gasteiger partial charge in [0.05, 0.1) is 29.7 Å². The van der Waals surface area contributed by atoms with Crippen LogP contribution in [-0.2, 0) is 24.9 Å². The SMILES string of the molecule is CC1Sc2ccc(C(=O)NCc3ccn(C)n3)cc2N(Cc2c(F)cccc2Cl)C1=O. The average Bonchev–Trinajstić information content (AvgIpc) is 3.16. The van der Waals surface area contributed by atoms with Crippen LogP contribution in [0.25, 0.3) is 0 Å². The van der Waals surface area contributed by atoms with E-state index in [0.717, 1.165) is 10.6 Å². The van der Waals surface area contributed by atoms with Crippen LogP contribution in [-0.4, -0.2) is 26.8 Å². The van der Waals surface area contributed by atoms with Gasteiger partial charge in [0, 0.05) is 34.3 Å². The first kappa shape index (κ1) is 21.4. The topological polar surface area (TPSA) is 67.2 Å². The zero-order valence-corrected chi connectivity index (χ0v) is 18.5. The minimum absolute atomic E-state index is 0.0127. The number of halogens is 2. The summed E-state index contributed by atoms with van der Waals surface area (Å²) in [6, 6.07) is 11.4. The van der Waals surface area contributed by atoms with Gasteiger partial charge in [0.1, 0.15) is 5.82 Å². The van der Waals surface area contributed by atoms with E-state index in [4.69, 9.17) is 11.6 Å². The zero-order chi connectivity index (χ0) is 22.1. The molecule has 31 heavy (non-hydrogen) atoms. The molecule has 9 heteroatoms. The van der Waals surface area contributed by atoms with Crippen molar-refractivity contribution in [1.29, 1.82) is 0 Å². The monoisotopic (exact) mass is 458 g/mol. The third kappa shape index (κ3) is 4.45. The van der Waals surface area contributed by atoms with Gasteiger partial charge in [0.2, 0.25) is 5.91 Å². The van der Waals surface area contributed by atoms with Crippen molar-refractivity contribution in [3.8, 4) is 0 Å². The van der Waals surface area contributed by atoms with Crippen molar-refractivity contribution in [1.82, 2.24) is 15.1 Å². The molecule has 0 bridgehead atoms. The highest BCUT2D eigenvalue weighted by atomic mass is 35.5. The molecule has 1 atom stereocenters. The van der Waals surface area contributed by atoms with E-state index >= 15 is 0 Å². The minimum Gasteiger partial charge on any atom is -0.346 e. The van der Waals surface area contributed by atoms with Crippen molar-refractivity contribution >= 4 is 40.9 Å². The summed E-state index contributed by atoms with van der Waals surface area (Å²) in [7, 11) is 1.81. The van der Waals surface area contributed by atoms with E-state index in [-0.39, 0.29) is 40.7 Å². The highest BCUT2D eigenvalue weighted by Crippen LogP contribution is 2.41. The number of aromatic nitrogens is 2. The lowest BCUT2D eigenvalue weighted by atomic mass is 10.1. The number of amides is 2. The largest absolute Gasteiger partial charge is 0.346 e. The zero-order valence-electron chi connectivity index (χ0n) is 16.9. The number of carbonyl (C=O) groups excluding carboxylic acids is 2. The molecule has 1 N–H and O–H groups in total. The summed E-state index contributed by atoms with van der Waals surface area (Å²) < 4.78 is 16.0. The van der Waals surface area contributed by atoms with E-state index < -0.39 is 5.82 Å². The predicted molar refractivity (Wildman–Crippen MR) is 119 cm³/mol. The van der Waals surface area contributed by atoms with Gasteiger partial charge in [-0.25, -0.2) is 4.39 Å². The molecule has 3 aromatic rings. The first-order valence-corrected chi connectivity index (χ1v) is 10.9. The third-order valence-electron chi connectivity index (χ3n) is 5.01. The second-order valence-electron chi connectivity index (χ2n) is 7.23. The van der Waals surface area contributed by atoms with Crippen LogP contribution >= 0.6 is 23.4 Å². The summed E-state index contributed by atoms with van der Waals surface area (Å²) in [5.41, 5.74) is 1.96. The van der Waals surface area contributed by atoms with E-state index in [0.29, 0.717) is 11.3 Å². The molecule has 4 rings (SSSR count). The van der Waals surface area contributed by atoms with E-state index in [1.54, 1.807) is 43.0 Å². The molecular formula is C22H20ClFN4O2S. The Labute approximate surface area is 188 Å². The second-order valence-corrected chi connectivity index (χ2v) is 9.02. The molecule has 0 saturated heterocycles. The molecule has 1 unspecified atom stereocenters. The van der Waals surface area contributed by atoms with Crippen molar-refractivity contribution in [3.63, 3.8) is 0 Å². The Bertz CT molecular complexity index is 1150. The minimum atomic E-state index is -0.475.